The summed E-state index contributed by atoms with van der Waals surface area (Å²) in [6, 6.07) is 5.15. The molecule has 82 valence electrons. The van der Waals surface area contributed by atoms with Crippen LogP contribution < -0.4 is 5.14 Å². The van der Waals surface area contributed by atoms with E-state index in [1.807, 2.05) is 0 Å². The first-order valence-electron chi connectivity index (χ1n) is 3.83. The lowest BCUT2D eigenvalue weighted by Crippen LogP contribution is -2.13. The van der Waals surface area contributed by atoms with Gasteiger partial charge in [-0.15, -0.1) is 0 Å². The molecule has 7 heteroatoms. The van der Waals surface area contributed by atoms with Crippen LogP contribution in [0, 0.1) is 0 Å². The Morgan fingerprint density at radius 1 is 1.40 bits per heavy atom. The Labute approximate surface area is 86.6 Å². The van der Waals surface area contributed by atoms with E-state index in [0.717, 1.165) is 6.07 Å². The maximum atomic E-state index is 11.1. The molecule has 1 rings (SSSR count). The highest BCUT2D eigenvalue weighted by atomic mass is 32.2. The van der Waals surface area contributed by atoms with Crippen LogP contribution in [0.25, 0.3) is 0 Å². The topological polar surface area (TPSA) is 95.7 Å². The van der Waals surface area contributed by atoms with Crippen LogP contribution in [0.3, 0.4) is 0 Å². The van der Waals surface area contributed by atoms with Crippen molar-refractivity contribution in [3.63, 3.8) is 0 Å². The summed E-state index contributed by atoms with van der Waals surface area (Å²) in [6.45, 7) is 0. The fourth-order valence-corrected chi connectivity index (χ4v) is 1.48. The molecule has 0 amide bonds. The molecule has 0 radical (unpaired) electrons. The first kappa shape index (κ1) is 11.6. The van der Waals surface area contributed by atoms with Crippen LogP contribution in [0.1, 0.15) is 10.4 Å². The fourth-order valence-electron chi connectivity index (χ4n) is 0.924. The highest BCUT2D eigenvalue weighted by Crippen LogP contribution is 2.10. The van der Waals surface area contributed by atoms with E-state index in [4.69, 9.17) is 5.14 Å². The van der Waals surface area contributed by atoms with E-state index in [0.29, 0.717) is 0 Å². The summed E-state index contributed by atoms with van der Waals surface area (Å²) in [4.78, 5) is 19.4. The molecule has 0 fully saturated rings. The van der Waals surface area contributed by atoms with Gasteiger partial charge in [0.15, 0.2) is 0 Å². The van der Waals surface area contributed by atoms with Crippen LogP contribution in [-0.2, 0) is 19.8 Å². The third kappa shape index (κ3) is 3.01. The Kier molecular flexibility index (Phi) is 3.40. The molecule has 0 spiro atoms. The van der Waals surface area contributed by atoms with Gasteiger partial charge in [0.25, 0.3) is 0 Å². The second-order valence-corrected chi connectivity index (χ2v) is 4.17. The average molecular weight is 231 g/mol. The molecule has 0 aliphatic rings. The minimum atomic E-state index is -3.82. The summed E-state index contributed by atoms with van der Waals surface area (Å²) in [5.41, 5.74) is 0.0448. The standard InChI is InChI=1S/C8H9NO5S/c1-13-14-8(10)6-3-2-4-7(5-6)15(9,11)12/h2-5H,1H3,(H2,9,11,12). The summed E-state index contributed by atoms with van der Waals surface area (Å²) in [5, 5.41) is 4.89. The van der Waals surface area contributed by atoms with Crippen molar-refractivity contribution in [3.8, 4) is 0 Å². The van der Waals surface area contributed by atoms with E-state index in [-0.39, 0.29) is 10.5 Å². The number of nitrogens with two attached hydrogens (primary N) is 1. The van der Waals surface area contributed by atoms with Crippen molar-refractivity contribution in [1.29, 1.82) is 0 Å². The van der Waals surface area contributed by atoms with Gasteiger partial charge < -0.3 is 0 Å². The molecular formula is C8H9NO5S. The van der Waals surface area contributed by atoms with Gasteiger partial charge in [0, 0.05) is 0 Å². The molecule has 1 aromatic rings. The first-order valence-corrected chi connectivity index (χ1v) is 5.37. The number of rotatable bonds is 3. The third-order valence-electron chi connectivity index (χ3n) is 1.56. The van der Waals surface area contributed by atoms with Crippen LogP contribution in [0.15, 0.2) is 29.2 Å². The van der Waals surface area contributed by atoms with Crippen molar-refractivity contribution in [2.75, 3.05) is 7.11 Å². The predicted octanol–water partition coefficient (Wildman–Crippen LogP) is 0.0522. The van der Waals surface area contributed by atoms with E-state index >= 15 is 0 Å². The monoisotopic (exact) mass is 231 g/mol. The Bertz CT molecular complexity index is 468. The minimum Gasteiger partial charge on any atom is -0.293 e. The fraction of sp³-hybridized carbons (Fsp3) is 0.125. The number of hydrogen-bond donors (Lipinski definition) is 1. The predicted molar refractivity (Wildman–Crippen MR) is 50.2 cm³/mol. The van der Waals surface area contributed by atoms with E-state index in [1.165, 1.54) is 25.3 Å². The third-order valence-corrected chi connectivity index (χ3v) is 2.47. The zero-order chi connectivity index (χ0) is 11.5. The van der Waals surface area contributed by atoms with Gasteiger partial charge in [0.05, 0.1) is 17.6 Å². The van der Waals surface area contributed by atoms with Gasteiger partial charge in [-0.3, -0.25) is 4.89 Å². The van der Waals surface area contributed by atoms with Gasteiger partial charge in [0.1, 0.15) is 0 Å². The zero-order valence-corrected chi connectivity index (χ0v) is 8.65. The van der Waals surface area contributed by atoms with Crippen LogP contribution in [-0.4, -0.2) is 21.5 Å². The highest BCUT2D eigenvalue weighted by molar-refractivity contribution is 7.89. The van der Waals surface area contributed by atoms with Crippen LogP contribution in [0.5, 0.6) is 0 Å². The summed E-state index contributed by atoms with van der Waals surface area (Å²) in [5.74, 6) is -0.789. The quantitative estimate of drug-likeness (QED) is 0.585. The van der Waals surface area contributed by atoms with E-state index in [1.54, 1.807) is 0 Å². The minimum absolute atomic E-state index is 0.0448. The van der Waals surface area contributed by atoms with E-state index in [9.17, 15) is 13.2 Å². The summed E-state index contributed by atoms with van der Waals surface area (Å²) >= 11 is 0. The number of carbonyl (C=O) groups excluding carboxylic acids is 1. The summed E-state index contributed by atoms with van der Waals surface area (Å²) < 4.78 is 21.9. The number of primary sulfonamides is 1. The lowest BCUT2D eigenvalue weighted by Gasteiger charge is -2.01. The van der Waals surface area contributed by atoms with Crippen LogP contribution in [0.2, 0.25) is 0 Å². The van der Waals surface area contributed by atoms with Gasteiger partial charge in [0.2, 0.25) is 10.0 Å². The lowest BCUT2D eigenvalue weighted by molar-refractivity contribution is -0.216. The normalized spacial score (nSPS) is 11.1. The van der Waals surface area contributed by atoms with Crippen LogP contribution >= 0.6 is 0 Å². The molecule has 0 saturated carbocycles. The average Bonchev–Trinajstić information content (AvgIpc) is 2.17. The van der Waals surface area contributed by atoms with Crippen molar-refractivity contribution in [2.45, 2.75) is 4.90 Å². The van der Waals surface area contributed by atoms with Gasteiger partial charge in [-0.25, -0.2) is 18.4 Å². The first-order chi connectivity index (χ1) is 6.95. The number of hydrogen-bond acceptors (Lipinski definition) is 5. The molecule has 0 aliphatic carbocycles. The highest BCUT2D eigenvalue weighted by Gasteiger charge is 2.13. The second kappa shape index (κ2) is 4.39. The molecule has 1 aromatic carbocycles. The zero-order valence-electron chi connectivity index (χ0n) is 7.84. The molecule has 0 unspecified atom stereocenters. The Balaban J connectivity index is 3.09. The molecule has 0 aliphatic heterocycles. The second-order valence-electron chi connectivity index (χ2n) is 2.61. The molecule has 0 saturated heterocycles. The van der Waals surface area contributed by atoms with Crippen molar-refractivity contribution < 1.29 is 23.0 Å². The molecule has 0 atom stereocenters. The number of sulfonamides is 1. The van der Waals surface area contributed by atoms with Gasteiger partial charge in [-0.1, -0.05) is 6.07 Å². The largest absolute Gasteiger partial charge is 0.373 e. The summed E-state index contributed by atoms with van der Waals surface area (Å²) in [7, 11) is -2.65. The van der Waals surface area contributed by atoms with Crippen molar-refractivity contribution in [1.82, 2.24) is 0 Å². The molecule has 0 aromatic heterocycles. The Morgan fingerprint density at radius 3 is 2.60 bits per heavy atom. The molecule has 15 heavy (non-hydrogen) atoms. The Morgan fingerprint density at radius 2 is 2.07 bits per heavy atom. The SMILES string of the molecule is COOC(=O)c1cccc(S(N)(=O)=O)c1. The molecular weight excluding hydrogens is 222 g/mol. The summed E-state index contributed by atoms with van der Waals surface area (Å²) in [6.07, 6.45) is 0. The molecule has 2 N–H and O–H groups in total. The van der Waals surface area contributed by atoms with Gasteiger partial charge in [-0.2, -0.15) is 4.89 Å². The van der Waals surface area contributed by atoms with E-state index in [2.05, 4.69) is 9.78 Å². The van der Waals surface area contributed by atoms with Crippen molar-refractivity contribution in [3.05, 3.63) is 29.8 Å². The maximum absolute atomic E-state index is 11.1. The van der Waals surface area contributed by atoms with Crippen molar-refractivity contribution in [2.24, 2.45) is 5.14 Å². The number of benzene rings is 1. The number of carbonyl (C=O) groups is 1. The molecule has 0 heterocycles. The lowest BCUT2D eigenvalue weighted by atomic mass is 10.2. The van der Waals surface area contributed by atoms with Gasteiger partial charge >= 0.3 is 5.97 Å². The van der Waals surface area contributed by atoms with E-state index < -0.39 is 16.0 Å². The Hall–Kier alpha value is -1.44. The molecule has 0 bridgehead atoms. The molecule has 6 nitrogen and oxygen atoms in total. The smallest absolute Gasteiger partial charge is 0.293 e. The maximum Gasteiger partial charge on any atom is 0.373 e. The van der Waals surface area contributed by atoms with Crippen LogP contribution in [0.4, 0.5) is 0 Å². The van der Waals surface area contributed by atoms with Gasteiger partial charge in [-0.05, 0) is 18.2 Å². The van der Waals surface area contributed by atoms with Crippen molar-refractivity contribution >= 4 is 16.0 Å².